The molecule has 3 aliphatic rings. The molecule has 3 heterocycles. The summed E-state index contributed by atoms with van der Waals surface area (Å²) in [5, 5.41) is 6.72. The third-order valence-corrected chi connectivity index (χ3v) is 4.55. The summed E-state index contributed by atoms with van der Waals surface area (Å²) >= 11 is 0. The molecule has 3 aliphatic heterocycles. The van der Waals surface area contributed by atoms with Gasteiger partial charge >= 0.3 is 0 Å². The summed E-state index contributed by atoms with van der Waals surface area (Å²) in [6, 6.07) is -0.116. The molecule has 0 radical (unpaired) electrons. The van der Waals surface area contributed by atoms with E-state index in [0.717, 1.165) is 64.0 Å². The predicted molar refractivity (Wildman–Crippen MR) is 68.3 cm³/mol. The number of nitrogens with zero attached hydrogens (tertiary/aromatic N) is 1. The molecule has 3 fully saturated rings. The first-order valence-electron chi connectivity index (χ1n) is 7.15. The fraction of sp³-hybridized carbons (Fsp3) is 0.923. The highest BCUT2D eigenvalue weighted by atomic mass is 16.5. The Hall–Kier alpha value is -0.650. The van der Waals surface area contributed by atoms with Crippen LogP contribution in [0.3, 0.4) is 0 Å². The third-order valence-electron chi connectivity index (χ3n) is 4.55. The lowest BCUT2D eigenvalue weighted by atomic mass is 9.92. The molecule has 102 valence electrons. The Kier molecular flexibility index (Phi) is 3.82. The number of carbonyl (C=O) groups excluding carboxylic acids is 1. The molecule has 2 N–H and O–H groups in total. The zero-order valence-corrected chi connectivity index (χ0v) is 10.9. The maximum Gasteiger partial charge on any atom is 0.242 e. The molecule has 0 aromatic rings. The number of nitrogens with one attached hydrogen (secondary N) is 2. The summed E-state index contributed by atoms with van der Waals surface area (Å²) < 4.78 is 5.38. The molecule has 1 unspecified atom stereocenters. The summed E-state index contributed by atoms with van der Waals surface area (Å²) in [5.74, 6) is 1.79. The Morgan fingerprint density at radius 3 is 2.50 bits per heavy atom. The number of ether oxygens (including phenoxy) is 1. The van der Waals surface area contributed by atoms with Crippen molar-refractivity contribution >= 4 is 5.91 Å². The molecule has 3 saturated heterocycles. The second kappa shape index (κ2) is 5.55. The van der Waals surface area contributed by atoms with Crippen LogP contribution in [0, 0.1) is 11.8 Å². The van der Waals surface area contributed by atoms with Gasteiger partial charge in [0.25, 0.3) is 0 Å². The van der Waals surface area contributed by atoms with E-state index < -0.39 is 0 Å². The van der Waals surface area contributed by atoms with E-state index in [-0.39, 0.29) is 11.9 Å². The van der Waals surface area contributed by atoms with Gasteiger partial charge in [0.05, 0.1) is 13.2 Å². The van der Waals surface area contributed by atoms with Crippen LogP contribution in [0.1, 0.15) is 12.8 Å². The molecular weight excluding hydrogens is 230 g/mol. The highest BCUT2D eigenvalue weighted by Gasteiger charge is 2.33. The Labute approximate surface area is 108 Å². The van der Waals surface area contributed by atoms with Crippen molar-refractivity contribution in [3.05, 3.63) is 0 Å². The van der Waals surface area contributed by atoms with Crippen molar-refractivity contribution in [2.75, 3.05) is 45.9 Å². The van der Waals surface area contributed by atoms with Crippen LogP contribution in [0.4, 0.5) is 0 Å². The van der Waals surface area contributed by atoms with Crippen LogP contribution >= 0.6 is 0 Å². The van der Waals surface area contributed by atoms with Crippen molar-refractivity contribution < 1.29 is 9.53 Å². The van der Waals surface area contributed by atoms with Crippen LogP contribution in [0.15, 0.2) is 0 Å². The van der Waals surface area contributed by atoms with Gasteiger partial charge in [0, 0.05) is 19.6 Å². The van der Waals surface area contributed by atoms with Gasteiger partial charge in [-0.3, -0.25) is 4.79 Å². The Morgan fingerprint density at radius 1 is 1.17 bits per heavy atom. The molecule has 0 spiro atoms. The predicted octanol–water partition coefficient (Wildman–Crippen LogP) is -0.567. The molecule has 0 saturated carbocycles. The van der Waals surface area contributed by atoms with Crippen molar-refractivity contribution in [1.82, 2.24) is 15.5 Å². The van der Waals surface area contributed by atoms with Crippen molar-refractivity contribution in [3.8, 4) is 0 Å². The van der Waals surface area contributed by atoms with Gasteiger partial charge in [0.2, 0.25) is 5.91 Å². The van der Waals surface area contributed by atoms with E-state index in [9.17, 15) is 4.79 Å². The summed E-state index contributed by atoms with van der Waals surface area (Å²) in [4.78, 5) is 14.4. The number of hydrogen-bond acceptors (Lipinski definition) is 4. The van der Waals surface area contributed by atoms with Gasteiger partial charge in [0.1, 0.15) is 6.04 Å². The molecule has 18 heavy (non-hydrogen) atoms. The molecular formula is C13H23N3O2. The standard InChI is InChI=1S/C13H23N3O2/c17-13(12-9-18-6-3-15-12)16-4-1-10-7-14-8-11(10)2-5-16/h10-12,14-15H,1-9H2/t10-,11+,12?. The van der Waals surface area contributed by atoms with Crippen LogP contribution in [-0.2, 0) is 9.53 Å². The minimum absolute atomic E-state index is 0.116. The van der Waals surface area contributed by atoms with Gasteiger partial charge in [0.15, 0.2) is 0 Å². The summed E-state index contributed by atoms with van der Waals surface area (Å²) in [7, 11) is 0. The monoisotopic (exact) mass is 253 g/mol. The minimum atomic E-state index is -0.116. The van der Waals surface area contributed by atoms with Crippen LogP contribution in [0.2, 0.25) is 0 Å². The summed E-state index contributed by atoms with van der Waals surface area (Å²) in [6.45, 7) is 6.15. The number of rotatable bonds is 1. The van der Waals surface area contributed by atoms with Crippen molar-refractivity contribution in [3.63, 3.8) is 0 Å². The normalized spacial score (nSPS) is 37.1. The topological polar surface area (TPSA) is 53.6 Å². The van der Waals surface area contributed by atoms with Gasteiger partial charge in [-0.1, -0.05) is 0 Å². The van der Waals surface area contributed by atoms with Gasteiger partial charge < -0.3 is 20.3 Å². The molecule has 0 bridgehead atoms. The Morgan fingerprint density at radius 2 is 1.89 bits per heavy atom. The molecule has 3 atom stereocenters. The first-order chi connectivity index (χ1) is 8.84. The minimum Gasteiger partial charge on any atom is -0.378 e. The van der Waals surface area contributed by atoms with Gasteiger partial charge in [-0.15, -0.1) is 0 Å². The highest BCUT2D eigenvalue weighted by Crippen LogP contribution is 2.27. The quantitative estimate of drug-likeness (QED) is 0.657. The average Bonchev–Trinajstić information content (AvgIpc) is 2.78. The zero-order valence-electron chi connectivity index (χ0n) is 10.9. The van der Waals surface area contributed by atoms with E-state index in [0.29, 0.717) is 6.61 Å². The fourth-order valence-corrected chi connectivity index (χ4v) is 3.38. The van der Waals surface area contributed by atoms with E-state index in [1.807, 2.05) is 4.90 Å². The SMILES string of the molecule is O=C(C1COCCN1)N1CC[C@@H]2CNC[C@@H]2CC1. The molecule has 5 heteroatoms. The molecule has 0 aromatic heterocycles. The van der Waals surface area contributed by atoms with Crippen molar-refractivity contribution in [2.45, 2.75) is 18.9 Å². The van der Waals surface area contributed by atoms with Crippen LogP contribution in [0.5, 0.6) is 0 Å². The van der Waals surface area contributed by atoms with E-state index in [1.54, 1.807) is 0 Å². The first kappa shape index (κ1) is 12.4. The van der Waals surface area contributed by atoms with Crippen LogP contribution < -0.4 is 10.6 Å². The highest BCUT2D eigenvalue weighted by molar-refractivity contribution is 5.82. The number of morpholine rings is 1. The van der Waals surface area contributed by atoms with Crippen molar-refractivity contribution in [2.24, 2.45) is 11.8 Å². The smallest absolute Gasteiger partial charge is 0.242 e. The molecule has 1 amide bonds. The largest absolute Gasteiger partial charge is 0.378 e. The molecule has 0 aromatic carbocycles. The lowest BCUT2D eigenvalue weighted by molar-refractivity contribution is -0.136. The molecule has 0 aliphatic carbocycles. The Bertz CT molecular complexity index is 291. The number of likely N-dealkylation sites (tertiary alicyclic amines) is 1. The second-order valence-electron chi connectivity index (χ2n) is 5.66. The maximum absolute atomic E-state index is 12.4. The summed E-state index contributed by atoms with van der Waals surface area (Å²) in [5.41, 5.74) is 0. The van der Waals surface area contributed by atoms with Gasteiger partial charge in [-0.2, -0.15) is 0 Å². The van der Waals surface area contributed by atoms with Crippen LogP contribution in [-0.4, -0.2) is 62.8 Å². The molecule has 3 rings (SSSR count). The van der Waals surface area contributed by atoms with E-state index >= 15 is 0 Å². The lowest BCUT2D eigenvalue weighted by Gasteiger charge is -2.29. The number of fused-ring (bicyclic) bond motifs is 1. The average molecular weight is 253 g/mol. The fourth-order valence-electron chi connectivity index (χ4n) is 3.38. The van der Waals surface area contributed by atoms with Crippen molar-refractivity contribution in [1.29, 1.82) is 0 Å². The van der Waals surface area contributed by atoms with E-state index in [1.165, 1.54) is 0 Å². The third kappa shape index (κ3) is 2.53. The number of hydrogen-bond donors (Lipinski definition) is 2. The first-order valence-corrected chi connectivity index (χ1v) is 7.15. The van der Waals surface area contributed by atoms with Crippen LogP contribution in [0.25, 0.3) is 0 Å². The maximum atomic E-state index is 12.4. The number of amides is 1. The van der Waals surface area contributed by atoms with Gasteiger partial charge in [-0.25, -0.2) is 0 Å². The Balaban J connectivity index is 1.57. The van der Waals surface area contributed by atoms with E-state index in [4.69, 9.17) is 4.74 Å². The van der Waals surface area contributed by atoms with E-state index in [2.05, 4.69) is 10.6 Å². The molecule has 5 nitrogen and oxygen atoms in total. The lowest BCUT2D eigenvalue weighted by Crippen LogP contribution is -2.52. The summed E-state index contributed by atoms with van der Waals surface area (Å²) in [6.07, 6.45) is 2.30. The van der Waals surface area contributed by atoms with Gasteiger partial charge in [-0.05, 0) is 37.8 Å². The second-order valence-corrected chi connectivity index (χ2v) is 5.66. The number of carbonyl (C=O) groups is 1. The zero-order chi connectivity index (χ0) is 12.4.